The molecule has 3 N–H and O–H groups in total. The number of imidazole rings is 1. The molecule has 0 amide bonds. The predicted molar refractivity (Wildman–Crippen MR) is 73.0 cm³/mol. The van der Waals surface area contributed by atoms with Crippen molar-refractivity contribution in [2.24, 2.45) is 0 Å². The monoisotopic (exact) mass is 291 g/mol. The zero-order chi connectivity index (χ0) is 14.4. The van der Waals surface area contributed by atoms with Crippen LogP contribution in [0.3, 0.4) is 0 Å². The molecule has 7 heteroatoms. The van der Waals surface area contributed by atoms with Gasteiger partial charge in [-0.3, -0.25) is 0 Å². The maximum Gasteiger partial charge on any atom is 0.240 e. The van der Waals surface area contributed by atoms with Crippen LogP contribution in [-0.2, 0) is 16.6 Å². The normalized spacial score (nSPS) is 10.8. The van der Waals surface area contributed by atoms with Crippen LogP contribution in [0.4, 0.5) is 0 Å². The van der Waals surface area contributed by atoms with E-state index in [0.29, 0.717) is 11.4 Å². The van der Waals surface area contributed by atoms with Crippen molar-refractivity contribution in [2.75, 3.05) is 6.61 Å². The molecule has 0 saturated carbocycles. The van der Waals surface area contributed by atoms with Crippen LogP contribution in [-0.4, -0.2) is 30.1 Å². The Kier molecular flexibility index (Phi) is 4.53. The van der Waals surface area contributed by atoms with E-state index in [4.69, 9.17) is 5.11 Å². The van der Waals surface area contributed by atoms with Gasteiger partial charge in [-0.15, -0.1) is 0 Å². The Labute approximate surface area is 116 Å². The van der Waals surface area contributed by atoms with Gasteiger partial charge in [0.25, 0.3) is 0 Å². The zero-order valence-electron chi connectivity index (χ0n) is 10.5. The molecule has 104 valence electrons. The van der Waals surface area contributed by atoms with Crippen molar-refractivity contribution in [3.05, 3.63) is 48.0 Å². The Morgan fingerprint density at radius 1 is 1.30 bits per heavy atom. The van der Waals surface area contributed by atoms with Gasteiger partial charge in [0.1, 0.15) is 12.4 Å². The van der Waals surface area contributed by atoms with Crippen molar-refractivity contribution in [3.8, 4) is 11.8 Å². The fraction of sp³-hybridized carbons (Fsp3) is 0.154. The minimum atomic E-state index is -3.58. The molecular weight excluding hydrogens is 278 g/mol. The lowest BCUT2D eigenvalue weighted by molar-refractivity contribution is 0.350. The molecule has 1 aromatic carbocycles. The molecule has 20 heavy (non-hydrogen) atoms. The average Bonchev–Trinajstić information content (AvgIpc) is 2.97. The standard InChI is InChI=1S/C13H13N3O3S/c17-9-1-2-11-3-5-12(6-4-11)20(18,19)16-10-13-14-7-8-15-13/h3-8,16-17H,9-10H2,(H,14,15). The van der Waals surface area contributed by atoms with Gasteiger partial charge in [-0.1, -0.05) is 11.8 Å². The Hall–Kier alpha value is -2.14. The number of aromatic amines is 1. The SMILES string of the molecule is O=S(=O)(NCc1ncc[nH]1)c1ccc(C#CCO)cc1. The number of nitrogens with one attached hydrogen (secondary N) is 2. The smallest absolute Gasteiger partial charge is 0.240 e. The summed E-state index contributed by atoms with van der Waals surface area (Å²) >= 11 is 0. The van der Waals surface area contributed by atoms with Crippen molar-refractivity contribution in [3.63, 3.8) is 0 Å². The highest BCUT2D eigenvalue weighted by atomic mass is 32.2. The Balaban J connectivity index is 2.09. The molecule has 0 bridgehead atoms. The summed E-state index contributed by atoms with van der Waals surface area (Å²) in [7, 11) is -3.58. The summed E-state index contributed by atoms with van der Waals surface area (Å²) in [6, 6.07) is 6.10. The maximum atomic E-state index is 12.0. The average molecular weight is 291 g/mol. The van der Waals surface area contributed by atoms with Crippen molar-refractivity contribution in [1.82, 2.24) is 14.7 Å². The molecular formula is C13H13N3O3S. The van der Waals surface area contributed by atoms with Crippen LogP contribution in [0.5, 0.6) is 0 Å². The number of benzene rings is 1. The lowest BCUT2D eigenvalue weighted by Gasteiger charge is -2.05. The van der Waals surface area contributed by atoms with Gasteiger partial charge >= 0.3 is 0 Å². The number of aromatic nitrogens is 2. The molecule has 0 radical (unpaired) electrons. The third kappa shape index (κ3) is 3.68. The van der Waals surface area contributed by atoms with E-state index in [1.54, 1.807) is 24.5 Å². The van der Waals surface area contributed by atoms with E-state index < -0.39 is 10.0 Å². The number of aliphatic hydroxyl groups is 1. The number of H-pyrrole nitrogens is 1. The number of hydrogen-bond donors (Lipinski definition) is 3. The fourth-order valence-corrected chi connectivity index (χ4v) is 2.49. The molecule has 0 aliphatic carbocycles. The first-order valence-corrected chi connectivity index (χ1v) is 7.28. The number of rotatable bonds is 4. The highest BCUT2D eigenvalue weighted by Gasteiger charge is 2.13. The second kappa shape index (κ2) is 6.34. The van der Waals surface area contributed by atoms with Crippen molar-refractivity contribution in [2.45, 2.75) is 11.4 Å². The minimum Gasteiger partial charge on any atom is -0.384 e. The molecule has 2 aromatic rings. The lowest BCUT2D eigenvalue weighted by atomic mass is 10.2. The van der Waals surface area contributed by atoms with Gasteiger partial charge in [0.15, 0.2) is 0 Å². The number of aliphatic hydroxyl groups excluding tert-OH is 1. The summed E-state index contributed by atoms with van der Waals surface area (Å²) in [6.07, 6.45) is 3.18. The van der Waals surface area contributed by atoms with Crippen molar-refractivity contribution < 1.29 is 13.5 Å². The molecule has 2 rings (SSSR count). The van der Waals surface area contributed by atoms with Gasteiger partial charge in [0.2, 0.25) is 10.0 Å². The molecule has 1 aromatic heterocycles. The molecule has 0 spiro atoms. The fourth-order valence-electron chi connectivity index (χ4n) is 1.50. The summed E-state index contributed by atoms with van der Waals surface area (Å²) in [5, 5.41) is 8.58. The molecule has 1 heterocycles. The summed E-state index contributed by atoms with van der Waals surface area (Å²) in [5.74, 6) is 5.73. The van der Waals surface area contributed by atoms with E-state index in [-0.39, 0.29) is 18.0 Å². The number of sulfonamides is 1. The van der Waals surface area contributed by atoms with Crippen LogP contribution in [0.1, 0.15) is 11.4 Å². The zero-order valence-corrected chi connectivity index (χ0v) is 11.3. The van der Waals surface area contributed by atoms with E-state index in [9.17, 15) is 8.42 Å². The summed E-state index contributed by atoms with van der Waals surface area (Å²) in [6.45, 7) is -0.133. The Morgan fingerprint density at radius 3 is 2.65 bits per heavy atom. The van der Waals surface area contributed by atoms with Gasteiger partial charge < -0.3 is 10.1 Å². The van der Waals surface area contributed by atoms with Crippen LogP contribution < -0.4 is 4.72 Å². The second-order valence-corrected chi connectivity index (χ2v) is 5.61. The molecule has 0 fully saturated rings. The maximum absolute atomic E-state index is 12.0. The van der Waals surface area contributed by atoms with Gasteiger partial charge in [0.05, 0.1) is 11.4 Å². The molecule has 0 aliphatic rings. The van der Waals surface area contributed by atoms with Gasteiger partial charge in [-0.25, -0.2) is 18.1 Å². The molecule has 0 saturated heterocycles. The molecule has 0 atom stereocenters. The first kappa shape index (κ1) is 14.3. The summed E-state index contributed by atoms with van der Waals surface area (Å²) in [5.41, 5.74) is 0.643. The van der Waals surface area contributed by atoms with E-state index in [2.05, 4.69) is 26.5 Å². The first-order valence-electron chi connectivity index (χ1n) is 5.79. The van der Waals surface area contributed by atoms with Crippen molar-refractivity contribution in [1.29, 1.82) is 0 Å². The van der Waals surface area contributed by atoms with Crippen LogP contribution in [0.2, 0.25) is 0 Å². The number of hydrogen-bond acceptors (Lipinski definition) is 4. The van der Waals surface area contributed by atoms with E-state index in [1.165, 1.54) is 12.1 Å². The first-order chi connectivity index (χ1) is 9.62. The van der Waals surface area contributed by atoms with E-state index >= 15 is 0 Å². The molecule has 0 aliphatic heterocycles. The van der Waals surface area contributed by atoms with Crippen LogP contribution >= 0.6 is 0 Å². The van der Waals surface area contributed by atoms with E-state index in [0.717, 1.165) is 0 Å². The molecule has 6 nitrogen and oxygen atoms in total. The van der Waals surface area contributed by atoms with Crippen LogP contribution in [0.25, 0.3) is 0 Å². The third-order valence-electron chi connectivity index (χ3n) is 2.46. The van der Waals surface area contributed by atoms with Crippen LogP contribution in [0, 0.1) is 11.8 Å². The topological polar surface area (TPSA) is 95.1 Å². The van der Waals surface area contributed by atoms with Gasteiger partial charge in [0, 0.05) is 18.0 Å². The lowest BCUT2D eigenvalue weighted by Crippen LogP contribution is -2.23. The van der Waals surface area contributed by atoms with Crippen molar-refractivity contribution >= 4 is 10.0 Å². The second-order valence-electron chi connectivity index (χ2n) is 3.84. The van der Waals surface area contributed by atoms with Crippen LogP contribution in [0.15, 0.2) is 41.6 Å². The number of nitrogens with zero attached hydrogens (tertiary/aromatic N) is 1. The van der Waals surface area contributed by atoms with Gasteiger partial charge in [-0.2, -0.15) is 0 Å². The minimum absolute atomic E-state index is 0.0986. The van der Waals surface area contributed by atoms with E-state index in [1.807, 2.05) is 0 Å². The molecule has 0 unspecified atom stereocenters. The Morgan fingerprint density at radius 2 is 2.05 bits per heavy atom. The highest BCUT2D eigenvalue weighted by molar-refractivity contribution is 7.89. The Bertz CT molecular complexity index is 710. The quantitative estimate of drug-likeness (QED) is 0.703. The largest absolute Gasteiger partial charge is 0.384 e. The van der Waals surface area contributed by atoms with Gasteiger partial charge in [-0.05, 0) is 24.3 Å². The summed E-state index contributed by atoms with van der Waals surface area (Å²) < 4.78 is 26.5. The predicted octanol–water partition coefficient (Wildman–Crippen LogP) is 0.232. The third-order valence-corrected chi connectivity index (χ3v) is 3.88. The highest BCUT2D eigenvalue weighted by Crippen LogP contribution is 2.10. The summed E-state index contributed by atoms with van der Waals surface area (Å²) in [4.78, 5) is 6.90.